The Morgan fingerprint density at radius 1 is 1.43 bits per heavy atom. The zero-order chi connectivity index (χ0) is 10.9. The molecule has 0 unspecified atom stereocenters. The normalized spacial score (nSPS) is 11.5. The fraction of sp³-hybridized carbons (Fsp3) is 0.400. The smallest absolute Gasteiger partial charge is 0.135 e. The molecule has 3 nitrogen and oxygen atoms in total. The van der Waals surface area contributed by atoms with Crippen molar-refractivity contribution < 1.29 is 9.84 Å². The highest BCUT2D eigenvalue weighted by Gasteiger charge is 2.21. The molecular formula is C10H14BrNO2. The minimum Gasteiger partial charge on any atom is -0.506 e. The Kier molecular flexibility index (Phi) is 3.07. The molecule has 0 atom stereocenters. The van der Waals surface area contributed by atoms with E-state index in [1.165, 1.54) is 0 Å². The molecule has 3 N–H and O–H groups in total. The van der Waals surface area contributed by atoms with Gasteiger partial charge in [-0.25, -0.2) is 0 Å². The van der Waals surface area contributed by atoms with Gasteiger partial charge in [0.05, 0.1) is 11.6 Å². The largest absolute Gasteiger partial charge is 0.506 e. The van der Waals surface area contributed by atoms with E-state index in [4.69, 9.17) is 10.5 Å². The third kappa shape index (κ3) is 2.19. The van der Waals surface area contributed by atoms with Crippen LogP contribution < -0.4 is 10.5 Å². The third-order valence-corrected chi connectivity index (χ3v) is 2.57. The summed E-state index contributed by atoms with van der Waals surface area (Å²) in [5.74, 6) is 0.835. The van der Waals surface area contributed by atoms with Gasteiger partial charge < -0.3 is 15.6 Å². The Labute approximate surface area is 92.0 Å². The molecule has 0 spiro atoms. The first kappa shape index (κ1) is 11.3. The van der Waals surface area contributed by atoms with Gasteiger partial charge in [0.1, 0.15) is 11.5 Å². The van der Waals surface area contributed by atoms with Crippen molar-refractivity contribution in [1.82, 2.24) is 0 Å². The molecule has 0 saturated heterocycles. The second-order valence-electron chi connectivity index (χ2n) is 3.73. The molecule has 0 fully saturated rings. The summed E-state index contributed by atoms with van der Waals surface area (Å²) in [6, 6.07) is 3.44. The van der Waals surface area contributed by atoms with Crippen LogP contribution in [-0.4, -0.2) is 12.2 Å². The Morgan fingerprint density at radius 2 is 2.00 bits per heavy atom. The maximum atomic E-state index is 9.77. The minimum absolute atomic E-state index is 0.165. The van der Waals surface area contributed by atoms with Crippen LogP contribution >= 0.6 is 15.9 Å². The van der Waals surface area contributed by atoms with Crippen molar-refractivity contribution in [2.45, 2.75) is 19.4 Å². The number of rotatable bonds is 2. The van der Waals surface area contributed by atoms with E-state index in [1.807, 2.05) is 13.8 Å². The average molecular weight is 260 g/mol. The highest BCUT2D eigenvalue weighted by Crippen LogP contribution is 2.37. The Hall–Kier alpha value is -0.740. The number of benzene rings is 1. The molecule has 1 rings (SSSR count). The zero-order valence-corrected chi connectivity index (χ0v) is 10.1. The van der Waals surface area contributed by atoms with Gasteiger partial charge in [-0.2, -0.15) is 0 Å². The topological polar surface area (TPSA) is 55.5 Å². The van der Waals surface area contributed by atoms with E-state index in [-0.39, 0.29) is 5.75 Å². The van der Waals surface area contributed by atoms with Gasteiger partial charge in [-0.15, -0.1) is 0 Å². The maximum Gasteiger partial charge on any atom is 0.135 e. The summed E-state index contributed by atoms with van der Waals surface area (Å²) in [5, 5.41) is 9.77. The van der Waals surface area contributed by atoms with Crippen LogP contribution in [0.4, 0.5) is 0 Å². The molecule has 14 heavy (non-hydrogen) atoms. The van der Waals surface area contributed by atoms with Crippen LogP contribution in [-0.2, 0) is 5.54 Å². The first-order chi connectivity index (χ1) is 6.36. The molecule has 0 heterocycles. The van der Waals surface area contributed by atoms with Crippen molar-refractivity contribution >= 4 is 15.9 Å². The molecule has 0 saturated carbocycles. The molecule has 4 heteroatoms. The first-order valence-electron chi connectivity index (χ1n) is 4.22. The second kappa shape index (κ2) is 3.79. The molecule has 0 aliphatic heterocycles. The van der Waals surface area contributed by atoms with Crippen LogP contribution in [0, 0.1) is 0 Å². The Bertz CT molecular complexity index is 345. The van der Waals surface area contributed by atoms with Gasteiger partial charge in [0.2, 0.25) is 0 Å². The number of hydrogen-bond donors (Lipinski definition) is 2. The van der Waals surface area contributed by atoms with Gasteiger partial charge >= 0.3 is 0 Å². The van der Waals surface area contributed by atoms with E-state index in [9.17, 15) is 5.11 Å². The fourth-order valence-electron chi connectivity index (χ4n) is 1.18. The van der Waals surface area contributed by atoms with Crippen LogP contribution in [0.3, 0.4) is 0 Å². The van der Waals surface area contributed by atoms with Crippen LogP contribution in [0.5, 0.6) is 11.5 Å². The van der Waals surface area contributed by atoms with Crippen LogP contribution in [0.15, 0.2) is 16.6 Å². The SMILES string of the molecule is COc1cc(Br)c(O)c(C(C)(C)N)c1. The molecule has 0 radical (unpaired) electrons. The van der Waals surface area contributed by atoms with Crippen molar-refractivity contribution in [2.75, 3.05) is 7.11 Å². The first-order valence-corrected chi connectivity index (χ1v) is 5.01. The lowest BCUT2D eigenvalue weighted by atomic mass is 9.94. The molecule has 0 aliphatic rings. The van der Waals surface area contributed by atoms with Gasteiger partial charge in [0.15, 0.2) is 0 Å². The molecular weight excluding hydrogens is 246 g/mol. The number of hydrogen-bond acceptors (Lipinski definition) is 3. The van der Waals surface area contributed by atoms with Crippen molar-refractivity contribution in [3.05, 3.63) is 22.2 Å². The summed E-state index contributed by atoms with van der Waals surface area (Å²) >= 11 is 3.24. The van der Waals surface area contributed by atoms with Gasteiger partial charge in [-0.3, -0.25) is 0 Å². The van der Waals surface area contributed by atoms with Crippen molar-refractivity contribution in [3.63, 3.8) is 0 Å². The van der Waals surface area contributed by atoms with Gasteiger partial charge in [-0.05, 0) is 41.9 Å². The van der Waals surface area contributed by atoms with E-state index in [0.717, 1.165) is 0 Å². The lowest BCUT2D eigenvalue weighted by Gasteiger charge is -2.21. The highest BCUT2D eigenvalue weighted by molar-refractivity contribution is 9.10. The van der Waals surface area contributed by atoms with Crippen LogP contribution in [0.1, 0.15) is 19.4 Å². The quantitative estimate of drug-likeness (QED) is 0.858. The molecule has 1 aromatic carbocycles. The van der Waals surface area contributed by atoms with E-state index in [0.29, 0.717) is 15.8 Å². The van der Waals surface area contributed by atoms with Gasteiger partial charge in [0, 0.05) is 11.1 Å². The second-order valence-corrected chi connectivity index (χ2v) is 4.58. The Balaban J connectivity index is 3.35. The number of ether oxygens (including phenoxy) is 1. The van der Waals surface area contributed by atoms with Crippen molar-refractivity contribution in [3.8, 4) is 11.5 Å². The molecule has 0 aromatic heterocycles. The average Bonchev–Trinajstić information content (AvgIpc) is 2.07. The van der Waals surface area contributed by atoms with E-state index in [1.54, 1.807) is 19.2 Å². The number of phenolic OH excluding ortho intramolecular Hbond substituents is 1. The summed E-state index contributed by atoms with van der Waals surface area (Å²) in [5.41, 5.74) is 5.97. The fourth-order valence-corrected chi connectivity index (χ4v) is 1.62. The maximum absolute atomic E-state index is 9.77. The van der Waals surface area contributed by atoms with E-state index in [2.05, 4.69) is 15.9 Å². The predicted molar refractivity (Wildman–Crippen MR) is 59.6 cm³/mol. The summed E-state index contributed by atoms with van der Waals surface area (Å²) in [6.07, 6.45) is 0. The molecule has 1 aromatic rings. The lowest BCUT2D eigenvalue weighted by Crippen LogP contribution is -2.28. The van der Waals surface area contributed by atoms with Gasteiger partial charge in [0.25, 0.3) is 0 Å². The predicted octanol–water partition coefficient (Wildman–Crippen LogP) is 2.36. The monoisotopic (exact) mass is 259 g/mol. The van der Waals surface area contributed by atoms with Crippen molar-refractivity contribution in [1.29, 1.82) is 0 Å². The lowest BCUT2D eigenvalue weighted by molar-refractivity contribution is 0.402. The summed E-state index contributed by atoms with van der Waals surface area (Å²) in [4.78, 5) is 0. The van der Waals surface area contributed by atoms with E-state index < -0.39 is 5.54 Å². The summed E-state index contributed by atoms with van der Waals surface area (Å²) < 4.78 is 5.68. The van der Waals surface area contributed by atoms with Gasteiger partial charge in [-0.1, -0.05) is 0 Å². The summed E-state index contributed by atoms with van der Waals surface area (Å²) in [7, 11) is 1.58. The van der Waals surface area contributed by atoms with Crippen LogP contribution in [0.2, 0.25) is 0 Å². The molecule has 78 valence electrons. The molecule has 0 amide bonds. The number of aromatic hydroxyl groups is 1. The van der Waals surface area contributed by atoms with Crippen molar-refractivity contribution in [2.24, 2.45) is 5.73 Å². The highest BCUT2D eigenvalue weighted by atomic mass is 79.9. The Morgan fingerprint density at radius 3 is 2.43 bits per heavy atom. The minimum atomic E-state index is -0.596. The number of phenols is 1. The third-order valence-electron chi connectivity index (χ3n) is 1.97. The number of halogens is 1. The zero-order valence-electron chi connectivity index (χ0n) is 8.47. The molecule has 0 bridgehead atoms. The number of methoxy groups -OCH3 is 1. The summed E-state index contributed by atoms with van der Waals surface area (Å²) in [6.45, 7) is 3.65. The van der Waals surface area contributed by atoms with Crippen LogP contribution in [0.25, 0.3) is 0 Å². The molecule has 0 aliphatic carbocycles. The standard InChI is InChI=1S/C10H14BrNO2/c1-10(2,12)7-4-6(14-3)5-8(11)9(7)13/h4-5,13H,12H2,1-3H3. The van der Waals surface area contributed by atoms with E-state index >= 15 is 0 Å². The number of nitrogens with two attached hydrogens (primary N) is 1.